The van der Waals surface area contributed by atoms with E-state index >= 15 is 0 Å². The second-order valence-electron chi connectivity index (χ2n) is 7.09. The van der Waals surface area contributed by atoms with Crippen molar-refractivity contribution < 1.29 is 13.2 Å². The highest BCUT2D eigenvalue weighted by Crippen LogP contribution is 2.23. The smallest absolute Gasteiger partial charge is 0.254 e. The summed E-state index contributed by atoms with van der Waals surface area (Å²) in [6, 6.07) is 6.67. The van der Waals surface area contributed by atoms with Crippen LogP contribution < -0.4 is 5.32 Å². The van der Waals surface area contributed by atoms with Crippen LogP contribution in [0.2, 0.25) is 5.02 Å². The first kappa shape index (κ1) is 18.5. The minimum Gasteiger partial charge on any atom is -0.347 e. The molecule has 9 heteroatoms. The maximum atomic E-state index is 12.7. The number of carbonyl (C=O) groups is 1. The molecule has 1 amide bonds. The number of nitrogens with one attached hydrogen (secondary N) is 1. The molecule has 0 saturated carbocycles. The highest BCUT2D eigenvalue weighted by atomic mass is 35.5. The summed E-state index contributed by atoms with van der Waals surface area (Å²) < 4.78 is 25.8. The molecule has 2 atom stereocenters. The van der Waals surface area contributed by atoms with Crippen LogP contribution in [0.5, 0.6) is 0 Å². The Morgan fingerprint density at radius 1 is 1.19 bits per heavy atom. The molecule has 2 fully saturated rings. The van der Waals surface area contributed by atoms with E-state index in [2.05, 4.69) is 15.3 Å². The molecule has 27 heavy (non-hydrogen) atoms. The van der Waals surface area contributed by atoms with Crippen LogP contribution in [0.25, 0.3) is 5.69 Å². The van der Waals surface area contributed by atoms with Gasteiger partial charge in [0.05, 0.1) is 40.0 Å². The second kappa shape index (κ2) is 7.26. The van der Waals surface area contributed by atoms with E-state index in [0.717, 1.165) is 25.9 Å². The van der Waals surface area contributed by atoms with Crippen LogP contribution in [-0.4, -0.2) is 65.7 Å². The molecule has 4 rings (SSSR count). The van der Waals surface area contributed by atoms with Crippen molar-refractivity contribution in [3.05, 3.63) is 47.2 Å². The molecule has 0 spiro atoms. The zero-order valence-corrected chi connectivity index (χ0v) is 16.3. The largest absolute Gasteiger partial charge is 0.347 e. The summed E-state index contributed by atoms with van der Waals surface area (Å²) in [6.07, 6.45) is 5.21. The molecule has 2 aromatic rings. The Bertz CT molecular complexity index is 953. The number of likely N-dealkylation sites (tertiary alicyclic amines) is 1. The lowest BCUT2D eigenvalue weighted by Crippen LogP contribution is -2.50. The SMILES string of the molecule is O=C(NC1CS(=O)(=O)CC1N1CCCC1)c1cnn(-c2ccccc2Cl)c1. The molecular weight excluding hydrogens is 388 g/mol. The molecule has 2 saturated heterocycles. The third-order valence-electron chi connectivity index (χ3n) is 5.19. The van der Waals surface area contributed by atoms with E-state index in [0.29, 0.717) is 16.3 Å². The van der Waals surface area contributed by atoms with Gasteiger partial charge in [-0.05, 0) is 38.1 Å². The minimum atomic E-state index is -3.15. The first-order chi connectivity index (χ1) is 12.9. The monoisotopic (exact) mass is 408 g/mol. The number of para-hydroxylation sites is 1. The number of hydrogen-bond acceptors (Lipinski definition) is 5. The van der Waals surface area contributed by atoms with Crippen molar-refractivity contribution in [2.45, 2.75) is 24.9 Å². The van der Waals surface area contributed by atoms with Gasteiger partial charge in [-0.15, -0.1) is 0 Å². The fourth-order valence-electron chi connectivity index (χ4n) is 3.86. The van der Waals surface area contributed by atoms with Gasteiger partial charge in [-0.25, -0.2) is 13.1 Å². The molecule has 0 bridgehead atoms. The maximum Gasteiger partial charge on any atom is 0.254 e. The molecule has 2 aliphatic heterocycles. The number of amides is 1. The van der Waals surface area contributed by atoms with Crippen molar-refractivity contribution >= 4 is 27.3 Å². The standard InChI is InChI=1S/C18H21ClN4O3S/c19-14-5-1-2-6-16(14)23-10-13(9-20-23)18(24)21-15-11-27(25,26)12-17(15)22-7-3-4-8-22/h1-2,5-6,9-10,15,17H,3-4,7-8,11-12H2,(H,21,24). The van der Waals surface area contributed by atoms with E-state index in [1.807, 2.05) is 18.2 Å². The highest BCUT2D eigenvalue weighted by molar-refractivity contribution is 7.91. The third-order valence-corrected chi connectivity index (χ3v) is 7.23. The number of nitrogens with zero attached hydrogens (tertiary/aromatic N) is 3. The lowest BCUT2D eigenvalue weighted by atomic mass is 10.1. The minimum absolute atomic E-state index is 0.0153. The van der Waals surface area contributed by atoms with Gasteiger partial charge in [-0.2, -0.15) is 5.10 Å². The van der Waals surface area contributed by atoms with Crippen molar-refractivity contribution in [2.24, 2.45) is 0 Å². The normalized spacial score (nSPS) is 24.9. The third kappa shape index (κ3) is 3.88. The first-order valence-electron chi connectivity index (χ1n) is 8.98. The van der Waals surface area contributed by atoms with Gasteiger partial charge in [0.1, 0.15) is 0 Å². The van der Waals surface area contributed by atoms with Crippen molar-refractivity contribution in [1.29, 1.82) is 0 Å². The molecule has 1 N–H and O–H groups in total. The van der Waals surface area contributed by atoms with E-state index in [-0.39, 0.29) is 23.5 Å². The summed E-state index contributed by atoms with van der Waals surface area (Å²) in [5, 5.41) is 7.65. The summed E-state index contributed by atoms with van der Waals surface area (Å²) in [5.41, 5.74) is 1.05. The Morgan fingerprint density at radius 3 is 2.67 bits per heavy atom. The Hall–Kier alpha value is -1.90. The lowest BCUT2D eigenvalue weighted by molar-refractivity contribution is 0.0918. The number of hydrogen-bond donors (Lipinski definition) is 1. The number of benzene rings is 1. The molecule has 2 aliphatic rings. The van der Waals surface area contributed by atoms with Gasteiger partial charge >= 0.3 is 0 Å². The Kier molecular flexibility index (Phi) is 4.96. The quantitative estimate of drug-likeness (QED) is 0.829. The van der Waals surface area contributed by atoms with Gasteiger partial charge in [0, 0.05) is 12.2 Å². The second-order valence-corrected chi connectivity index (χ2v) is 9.65. The van der Waals surface area contributed by atoms with Gasteiger partial charge < -0.3 is 5.32 Å². The van der Waals surface area contributed by atoms with Gasteiger partial charge in [0.15, 0.2) is 9.84 Å². The summed E-state index contributed by atoms with van der Waals surface area (Å²) in [7, 11) is -3.15. The Morgan fingerprint density at radius 2 is 1.93 bits per heavy atom. The average molecular weight is 409 g/mol. The molecule has 1 aromatic heterocycles. The highest BCUT2D eigenvalue weighted by Gasteiger charge is 2.42. The van der Waals surface area contributed by atoms with E-state index in [4.69, 9.17) is 11.6 Å². The van der Waals surface area contributed by atoms with Gasteiger partial charge in [-0.1, -0.05) is 23.7 Å². The topological polar surface area (TPSA) is 84.3 Å². The van der Waals surface area contributed by atoms with Crippen molar-refractivity contribution in [3.8, 4) is 5.69 Å². The zero-order valence-electron chi connectivity index (χ0n) is 14.7. The zero-order chi connectivity index (χ0) is 19.0. The van der Waals surface area contributed by atoms with Crippen molar-refractivity contribution in [3.63, 3.8) is 0 Å². The summed E-state index contributed by atoms with van der Waals surface area (Å²) in [6.45, 7) is 1.77. The summed E-state index contributed by atoms with van der Waals surface area (Å²) >= 11 is 6.17. The van der Waals surface area contributed by atoms with Crippen LogP contribution >= 0.6 is 11.6 Å². The van der Waals surface area contributed by atoms with E-state index in [1.54, 1.807) is 16.9 Å². The first-order valence-corrected chi connectivity index (χ1v) is 11.2. The van der Waals surface area contributed by atoms with Crippen molar-refractivity contribution in [1.82, 2.24) is 20.0 Å². The van der Waals surface area contributed by atoms with Gasteiger partial charge in [-0.3, -0.25) is 9.69 Å². The molecule has 2 unspecified atom stereocenters. The van der Waals surface area contributed by atoms with Crippen LogP contribution in [0, 0.1) is 0 Å². The van der Waals surface area contributed by atoms with Gasteiger partial charge in [0.2, 0.25) is 0 Å². The van der Waals surface area contributed by atoms with Crippen LogP contribution in [0.1, 0.15) is 23.2 Å². The molecule has 1 aromatic carbocycles. The number of carbonyl (C=O) groups excluding carboxylic acids is 1. The fraction of sp³-hybridized carbons (Fsp3) is 0.444. The van der Waals surface area contributed by atoms with E-state index < -0.39 is 15.9 Å². The van der Waals surface area contributed by atoms with E-state index in [1.165, 1.54) is 6.20 Å². The average Bonchev–Trinajstić information content (AvgIpc) is 3.35. The molecular formula is C18H21ClN4O3S. The van der Waals surface area contributed by atoms with Crippen LogP contribution in [-0.2, 0) is 9.84 Å². The van der Waals surface area contributed by atoms with Gasteiger partial charge in [0.25, 0.3) is 5.91 Å². The van der Waals surface area contributed by atoms with Crippen LogP contribution in [0.3, 0.4) is 0 Å². The van der Waals surface area contributed by atoms with E-state index in [9.17, 15) is 13.2 Å². The predicted octanol–water partition coefficient (Wildman–Crippen LogP) is 1.52. The summed E-state index contributed by atoms with van der Waals surface area (Å²) in [4.78, 5) is 14.9. The molecule has 7 nitrogen and oxygen atoms in total. The van der Waals surface area contributed by atoms with Crippen LogP contribution in [0.4, 0.5) is 0 Å². The molecule has 0 radical (unpaired) electrons. The Labute approximate surface area is 163 Å². The fourth-order valence-corrected chi connectivity index (χ4v) is 6.04. The molecule has 0 aliphatic carbocycles. The van der Waals surface area contributed by atoms with Crippen LogP contribution in [0.15, 0.2) is 36.7 Å². The summed E-state index contributed by atoms with van der Waals surface area (Å²) in [5.74, 6) is -0.227. The number of aromatic nitrogens is 2. The maximum absolute atomic E-state index is 12.7. The number of halogens is 1. The Balaban J connectivity index is 1.51. The van der Waals surface area contributed by atoms with Crippen molar-refractivity contribution in [2.75, 3.05) is 24.6 Å². The molecule has 3 heterocycles. The number of sulfone groups is 1. The number of rotatable bonds is 4. The predicted molar refractivity (Wildman–Crippen MR) is 103 cm³/mol. The lowest BCUT2D eigenvalue weighted by Gasteiger charge is -2.28. The molecule has 144 valence electrons.